The molecule has 2 rings (SSSR count). The normalized spacial score (nSPS) is 11.6. The number of carbonyl (C=O) groups is 1. The zero-order valence-corrected chi connectivity index (χ0v) is 15.2. The fraction of sp³-hybridized carbons (Fsp3) is 0.278. The molecule has 0 aromatic heterocycles. The minimum Gasteiger partial charge on any atom is -0.447 e. The summed E-state index contributed by atoms with van der Waals surface area (Å²) in [5, 5.41) is -0.0847. The summed E-state index contributed by atoms with van der Waals surface area (Å²) in [5.74, 6) is -1.76. The van der Waals surface area contributed by atoms with Crippen molar-refractivity contribution in [3.05, 3.63) is 70.8 Å². The molecule has 0 spiro atoms. The van der Waals surface area contributed by atoms with Crippen molar-refractivity contribution in [2.45, 2.75) is 25.2 Å². The van der Waals surface area contributed by atoms with E-state index in [1.807, 2.05) is 38.1 Å². The number of aryl methyl sites for hydroxylation is 2. The van der Waals surface area contributed by atoms with Crippen LogP contribution in [0.2, 0.25) is 0 Å². The highest BCUT2D eigenvalue weighted by Crippen LogP contribution is 2.35. The van der Waals surface area contributed by atoms with E-state index in [9.17, 15) is 13.6 Å². The van der Waals surface area contributed by atoms with Gasteiger partial charge in [0.1, 0.15) is 12.0 Å². The van der Waals surface area contributed by atoms with Crippen molar-refractivity contribution in [2.24, 2.45) is 0 Å². The van der Waals surface area contributed by atoms with Gasteiger partial charge in [0.25, 0.3) is 0 Å². The molecule has 0 aliphatic heterocycles. The maximum atomic E-state index is 13.9. The summed E-state index contributed by atoms with van der Waals surface area (Å²) < 4.78 is 36.9. The van der Waals surface area contributed by atoms with Crippen LogP contribution in [-0.2, 0) is 23.8 Å². The second kappa shape index (κ2) is 9.09. The largest absolute Gasteiger partial charge is 0.447 e. The van der Waals surface area contributed by atoms with E-state index < -0.39 is 29.4 Å². The van der Waals surface area contributed by atoms with Gasteiger partial charge in [-0.2, -0.15) is 8.78 Å². The Balaban J connectivity index is 2.25. The van der Waals surface area contributed by atoms with Gasteiger partial charge in [-0.15, -0.1) is 4.33 Å². The number of benzene rings is 2. The van der Waals surface area contributed by atoms with Crippen LogP contribution in [-0.4, -0.2) is 18.3 Å². The van der Waals surface area contributed by atoms with Crippen molar-refractivity contribution in [1.29, 1.82) is 0 Å². The Morgan fingerprint density at radius 1 is 0.962 bits per heavy atom. The van der Waals surface area contributed by atoms with E-state index in [0.717, 1.165) is 18.2 Å². The van der Waals surface area contributed by atoms with Crippen molar-refractivity contribution < 1.29 is 32.6 Å². The molecule has 0 amide bonds. The molecule has 140 valence electrons. The van der Waals surface area contributed by atoms with E-state index in [0.29, 0.717) is 11.1 Å². The van der Waals surface area contributed by atoms with Crippen LogP contribution in [0.3, 0.4) is 0 Å². The van der Waals surface area contributed by atoms with Crippen molar-refractivity contribution in [1.82, 2.24) is 0 Å². The van der Waals surface area contributed by atoms with E-state index in [2.05, 4.69) is 14.3 Å². The molecule has 0 saturated carbocycles. The standard InChI is InChI=1S/C18H18F2O5S/c1-12-4-8-14(9-5-12)16(15-10-6-13(2)7-11-15)23-17(21)18(19,20)26-25-24-22-3/h4-11,16H,1-3H3. The lowest BCUT2D eigenvalue weighted by atomic mass is 9.99. The van der Waals surface area contributed by atoms with Gasteiger partial charge in [-0.3, -0.25) is 0 Å². The minimum atomic E-state index is -3.98. The SMILES string of the molecule is COOOSC(F)(F)C(=O)OC(c1ccc(C)cc1)c1ccc(C)cc1. The Kier molecular flexibility index (Phi) is 7.10. The lowest BCUT2D eigenvalue weighted by Gasteiger charge is -2.21. The molecule has 2 aromatic carbocycles. The summed E-state index contributed by atoms with van der Waals surface area (Å²) in [4.78, 5) is 16.0. The Morgan fingerprint density at radius 2 is 1.42 bits per heavy atom. The second-order valence-corrected chi connectivity index (χ2v) is 6.33. The van der Waals surface area contributed by atoms with E-state index in [-0.39, 0.29) is 0 Å². The lowest BCUT2D eigenvalue weighted by Crippen LogP contribution is -2.29. The molecular weight excluding hydrogens is 366 g/mol. The Hall–Kier alpha value is -2.00. The monoisotopic (exact) mass is 384 g/mol. The zero-order chi connectivity index (χ0) is 19.2. The van der Waals surface area contributed by atoms with Crippen LogP contribution in [0.15, 0.2) is 48.5 Å². The van der Waals surface area contributed by atoms with Crippen LogP contribution in [0.1, 0.15) is 28.4 Å². The maximum Gasteiger partial charge on any atom is 0.415 e. The van der Waals surface area contributed by atoms with Crippen molar-refractivity contribution in [2.75, 3.05) is 7.11 Å². The third-order valence-corrected chi connectivity index (χ3v) is 3.96. The maximum absolute atomic E-state index is 13.9. The molecule has 0 unspecified atom stereocenters. The predicted molar refractivity (Wildman–Crippen MR) is 92.0 cm³/mol. The summed E-state index contributed by atoms with van der Waals surface area (Å²) in [5.41, 5.74) is 3.13. The van der Waals surface area contributed by atoms with Gasteiger partial charge in [0.2, 0.25) is 0 Å². The van der Waals surface area contributed by atoms with E-state index in [1.165, 1.54) is 0 Å². The summed E-state index contributed by atoms with van der Waals surface area (Å²) >= 11 is -0.506. The summed E-state index contributed by atoms with van der Waals surface area (Å²) in [7, 11) is 1.07. The average molecular weight is 384 g/mol. The van der Waals surface area contributed by atoms with Gasteiger partial charge in [0.15, 0.2) is 6.10 Å². The van der Waals surface area contributed by atoms with Crippen molar-refractivity contribution in [3.8, 4) is 0 Å². The van der Waals surface area contributed by atoms with Gasteiger partial charge in [-0.1, -0.05) is 64.7 Å². The highest BCUT2D eigenvalue weighted by molar-refractivity contribution is 7.96. The third kappa shape index (κ3) is 5.50. The number of carbonyl (C=O) groups excluding carboxylic acids is 1. The van der Waals surface area contributed by atoms with Gasteiger partial charge in [0, 0.05) is 0 Å². The molecule has 0 saturated heterocycles. The predicted octanol–water partition coefficient (Wildman–Crippen LogP) is 4.69. The molecule has 0 atom stereocenters. The molecule has 0 fully saturated rings. The second-order valence-electron chi connectivity index (χ2n) is 5.51. The van der Waals surface area contributed by atoms with Crippen LogP contribution >= 0.6 is 12.0 Å². The van der Waals surface area contributed by atoms with Crippen molar-refractivity contribution in [3.63, 3.8) is 0 Å². The van der Waals surface area contributed by atoms with E-state index in [1.54, 1.807) is 24.3 Å². The smallest absolute Gasteiger partial charge is 0.415 e. The Morgan fingerprint density at radius 3 is 1.85 bits per heavy atom. The first kappa shape index (κ1) is 20.3. The molecule has 0 radical (unpaired) electrons. The molecule has 0 bridgehead atoms. The quantitative estimate of drug-likeness (QED) is 0.216. The topological polar surface area (TPSA) is 54.0 Å². The molecule has 0 aliphatic carbocycles. The number of esters is 1. The van der Waals surface area contributed by atoms with Gasteiger partial charge in [-0.05, 0) is 25.0 Å². The highest BCUT2D eigenvalue weighted by atomic mass is 32.2. The van der Waals surface area contributed by atoms with Crippen LogP contribution in [0.5, 0.6) is 0 Å². The summed E-state index contributed by atoms with van der Waals surface area (Å²) in [6.45, 7) is 3.79. The van der Waals surface area contributed by atoms with Crippen LogP contribution in [0.25, 0.3) is 0 Å². The molecule has 26 heavy (non-hydrogen) atoms. The molecule has 0 heterocycles. The molecule has 5 nitrogen and oxygen atoms in total. The zero-order valence-electron chi connectivity index (χ0n) is 14.4. The molecule has 2 aromatic rings. The molecule has 8 heteroatoms. The minimum absolute atomic E-state index is 0.506. The first-order valence-corrected chi connectivity index (χ1v) is 8.35. The number of ether oxygens (including phenoxy) is 1. The number of halogens is 2. The van der Waals surface area contributed by atoms with Gasteiger partial charge < -0.3 is 4.74 Å². The summed E-state index contributed by atoms with van der Waals surface area (Å²) in [6, 6.07) is 14.1. The Labute approximate surface area is 154 Å². The van der Waals surface area contributed by atoms with Crippen LogP contribution < -0.4 is 0 Å². The van der Waals surface area contributed by atoms with Crippen LogP contribution in [0, 0.1) is 13.8 Å². The van der Waals surface area contributed by atoms with Gasteiger partial charge in [0.05, 0.1) is 7.11 Å². The van der Waals surface area contributed by atoms with Crippen molar-refractivity contribution >= 4 is 18.0 Å². The fourth-order valence-electron chi connectivity index (χ4n) is 2.11. The van der Waals surface area contributed by atoms with Gasteiger partial charge >= 0.3 is 11.2 Å². The summed E-state index contributed by atoms with van der Waals surface area (Å²) in [6.07, 6.45) is -0.987. The number of hydrogen-bond acceptors (Lipinski definition) is 6. The molecule has 0 aliphatic rings. The number of hydrogen-bond donors (Lipinski definition) is 0. The van der Waals surface area contributed by atoms with E-state index in [4.69, 9.17) is 4.74 Å². The third-order valence-electron chi connectivity index (χ3n) is 3.46. The fourth-order valence-corrected chi connectivity index (χ4v) is 2.39. The van der Waals surface area contributed by atoms with E-state index >= 15 is 0 Å². The average Bonchev–Trinajstić information content (AvgIpc) is 2.61. The highest BCUT2D eigenvalue weighted by Gasteiger charge is 2.45. The Bertz CT molecular complexity index is 674. The molecule has 0 N–H and O–H groups in total. The number of alkyl halides is 2. The molecular formula is C18H18F2O5S. The number of rotatable bonds is 8. The van der Waals surface area contributed by atoms with Crippen LogP contribution in [0.4, 0.5) is 8.78 Å². The van der Waals surface area contributed by atoms with Gasteiger partial charge in [-0.25, -0.2) is 9.68 Å². The first-order chi connectivity index (χ1) is 12.3. The lowest BCUT2D eigenvalue weighted by molar-refractivity contribution is -0.448. The first-order valence-electron chi connectivity index (χ1n) is 7.60.